The van der Waals surface area contributed by atoms with Crippen LogP contribution in [0.5, 0.6) is 0 Å². The number of hydrogen-bond acceptors (Lipinski definition) is 2. The van der Waals surface area contributed by atoms with E-state index in [1.807, 2.05) is 6.92 Å². The van der Waals surface area contributed by atoms with Gasteiger partial charge in [0.1, 0.15) is 6.61 Å². The smallest absolute Gasteiger partial charge is 0.219 e. The molecule has 2 atom stereocenters. The average molecular weight is 146 g/mol. The summed E-state index contributed by atoms with van der Waals surface area (Å²) in [6.45, 7) is 2.64. The molecule has 0 unspecified atom stereocenters. The van der Waals surface area contributed by atoms with Gasteiger partial charge in [0.05, 0.1) is 21.1 Å². The number of hydrogen-bond donors (Lipinski definition) is 0. The zero-order chi connectivity index (χ0) is 7.78. The molecule has 0 amide bonds. The van der Waals surface area contributed by atoms with Gasteiger partial charge < -0.3 is 9.22 Å². The van der Waals surface area contributed by atoms with E-state index in [9.17, 15) is 0 Å². The summed E-state index contributed by atoms with van der Waals surface area (Å²) in [4.78, 5) is 0. The molecule has 60 valence electrons. The van der Waals surface area contributed by atoms with E-state index in [2.05, 4.69) is 21.1 Å². The van der Waals surface area contributed by atoms with Gasteiger partial charge in [-0.2, -0.15) is 0 Å². The molecular formula is C7H16NO2+. The molecule has 0 radical (unpaired) electrons. The first kappa shape index (κ1) is 7.98. The summed E-state index contributed by atoms with van der Waals surface area (Å²) in [5.74, 6) is 0. The van der Waals surface area contributed by atoms with E-state index in [0.717, 1.165) is 4.48 Å². The van der Waals surface area contributed by atoms with Crippen molar-refractivity contribution >= 4 is 0 Å². The fourth-order valence-corrected chi connectivity index (χ4v) is 0.924. The normalized spacial score (nSPS) is 34.8. The van der Waals surface area contributed by atoms with Crippen LogP contribution in [-0.4, -0.2) is 44.8 Å². The van der Waals surface area contributed by atoms with Gasteiger partial charge in [-0.1, -0.05) is 0 Å². The lowest BCUT2D eigenvalue weighted by atomic mass is 10.5. The number of quaternary nitrogens is 1. The second-order valence-corrected chi connectivity index (χ2v) is 3.61. The minimum Gasteiger partial charge on any atom is -0.344 e. The molecule has 1 rings (SSSR count). The van der Waals surface area contributed by atoms with E-state index in [1.165, 1.54) is 0 Å². The molecule has 1 fully saturated rings. The monoisotopic (exact) mass is 146 g/mol. The Labute approximate surface area is 62.1 Å². The van der Waals surface area contributed by atoms with Gasteiger partial charge in [-0.15, -0.1) is 0 Å². The standard InChI is InChI=1S/C7H16NO2/c1-6-9-5-7(10-6)8(2,3)4/h6-7H,5H2,1-4H3/q+1/t6-,7+/m1/s1. The third-order valence-electron chi connectivity index (χ3n) is 1.69. The largest absolute Gasteiger partial charge is 0.344 e. The maximum Gasteiger partial charge on any atom is 0.219 e. The zero-order valence-electron chi connectivity index (χ0n) is 7.13. The van der Waals surface area contributed by atoms with Crippen molar-refractivity contribution in [2.45, 2.75) is 19.4 Å². The van der Waals surface area contributed by atoms with Gasteiger partial charge in [0.15, 0.2) is 6.29 Å². The Bertz CT molecular complexity index is 119. The van der Waals surface area contributed by atoms with E-state index in [-0.39, 0.29) is 12.5 Å². The van der Waals surface area contributed by atoms with Crippen LogP contribution in [0.25, 0.3) is 0 Å². The third-order valence-corrected chi connectivity index (χ3v) is 1.69. The van der Waals surface area contributed by atoms with E-state index in [4.69, 9.17) is 9.47 Å². The lowest BCUT2D eigenvalue weighted by Crippen LogP contribution is -2.46. The summed E-state index contributed by atoms with van der Waals surface area (Å²) < 4.78 is 11.5. The highest BCUT2D eigenvalue weighted by Gasteiger charge is 2.32. The Balaban J connectivity index is 2.45. The molecule has 0 saturated carbocycles. The van der Waals surface area contributed by atoms with Crippen LogP contribution in [0.4, 0.5) is 0 Å². The molecule has 1 aliphatic heterocycles. The fraction of sp³-hybridized carbons (Fsp3) is 1.00. The Morgan fingerprint density at radius 1 is 1.30 bits per heavy atom. The SMILES string of the molecule is C[C@@H]1OC[C@@H]([N+](C)(C)C)O1. The Morgan fingerprint density at radius 2 is 1.90 bits per heavy atom. The Morgan fingerprint density at radius 3 is 2.10 bits per heavy atom. The minimum absolute atomic E-state index is 0.0256. The molecular weight excluding hydrogens is 130 g/mol. The summed E-state index contributed by atoms with van der Waals surface area (Å²) in [5, 5.41) is 0. The quantitative estimate of drug-likeness (QED) is 0.499. The highest BCUT2D eigenvalue weighted by atomic mass is 16.7. The first-order valence-electron chi connectivity index (χ1n) is 3.58. The van der Waals surface area contributed by atoms with Crippen molar-refractivity contribution in [3.8, 4) is 0 Å². The Kier molecular flexibility index (Phi) is 1.99. The maximum atomic E-state index is 5.48. The molecule has 0 N–H and O–H groups in total. The summed E-state index contributed by atoms with van der Waals surface area (Å²) in [6.07, 6.45) is 0.178. The molecule has 3 nitrogen and oxygen atoms in total. The van der Waals surface area contributed by atoms with E-state index < -0.39 is 0 Å². The van der Waals surface area contributed by atoms with E-state index in [0.29, 0.717) is 6.61 Å². The van der Waals surface area contributed by atoms with E-state index in [1.54, 1.807) is 0 Å². The predicted molar refractivity (Wildman–Crippen MR) is 38.3 cm³/mol. The Hall–Kier alpha value is -0.120. The molecule has 0 aromatic rings. The highest BCUT2D eigenvalue weighted by molar-refractivity contribution is 4.50. The predicted octanol–water partition coefficient (Wildman–Crippen LogP) is 0.411. The van der Waals surface area contributed by atoms with Gasteiger partial charge in [-0.25, -0.2) is 0 Å². The minimum atomic E-state index is -0.0256. The van der Waals surface area contributed by atoms with Crippen LogP contribution < -0.4 is 0 Å². The van der Waals surface area contributed by atoms with E-state index >= 15 is 0 Å². The number of ether oxygens (including phenoxy) is 2. The molecule has 3 heteroatoms. The third kappa shape index (κ3) is 1.68. The van der Waals surface area contributed by atoms with Crippen LogP contribution >= 0.6 is 0 Å². The van der Waals surface area contributed by atoms with Crippen LogP contribution in [-0.2, 0) is 9.47 Å². The summed E-state index contributed by atoms with van der Waals surface area (Å²) in [6, 6.07) is 0. The average Bonchev–Trinajstić information content (AvgIpc) is 2.11. The fourth-order valence-electron chi connectivity index (χ4n) is 0.924. The van der Waals surface area contributed by atoms with Crippen molar-refractivity contribution < 1.29 is 14.0 Å². The van der Waals surface area contributed by atoms with Crippen molar-refractivity contribution in [2.75, 3.05) is 27.7 Å². The molecule has 0 spiro atoms. The number of nitrogens with zero attached hydrogens (tertiary/aromatic N) is 1. The van der Waals surface area contributed by atoms with Crippen LogP contribution in [0, 0.1) is 0 Å². The molecule has 0 aromatic carbocycles. The molecule has 1 saturated heterocycles. The van der Waals surface area contributed by atoms with Gasteiger partial charge >= 0.3 is 0 Å². The van der Waals surface area contributed by atoms with Crippen LogP contribution in [0.1, 0.15) is 6.92 Å². The second kappa shape index (κ2) is 2.49. The first-order valence-corrected chi connectivity index (χ1v) is 3.58. The van der Waals surface area contributed by atoms with Crippen molar-refractivity contribution in [3.63, 3.8) is 0 Å². The summed E-state index contributed by atoms with van der Waals surface area (Å²) in [5.41, 5.74) is 0. The van der Waals surface area contributed by atoms with Gasteiger partial charge in [-0.05, 0) is 6.92 Å². The van der Waals surface area contributed by atoms with Crippen molar-refractivity contribution in [1.29, 1.82) is 0 Å². The number of rotatable bonds is 1. The topological polar surface area (TPSA) is 18.5 Å². The summed E-state index contributed by atoms with van der Waals surface area (Å²) >= 11 is 0. The van der Waals surface area contributed by atoms with Gasteiger partial charge in [0.2, 0.25) is 6.23 Å². The van der Waals surface area contributed by atoms with Crippen LogP contribution in [0.3, 0.4) is 0 Å². The highest BCUT2D eigenvalue weighted by Crippen LogP contribution is 2.16. The molecule has 10 heavy (non-hydrogen) atoms. The van der Waals surface area contributed by atoms with Gasteiger partial charge in [0.25, 0.3) is 0 Å². The van der Waals surface area contributed by atoms with Crippen LogP contribution in [0.15, 0.2) is 0 Å². The molecule has 0 aliphatic carbocycles. The van der Waals surface area contributed by atoms with Crippen molar-refractivity contribution in [1.82, 2.24) is 0 Å². The number of likely N-dealkylation sites (N-methyl/N-ethyl adjacent to an activating group) is 1. The van der Waals surface area contributed by atoms with Gasteiger partial charge in [0, 0.05) is 0 Å². The van der Waals surface area contributed by atoms with Gasteiger partial charge in [-0.3, -0.25) is 4.74 Å². The lowest BCUT2D eigenvalue weighted by molar-refractivity contribution is -0.916. The second-order valence-electron chi connectivity index (χ2n) is 3.61. The lowest BCUT2D eigenvalue weighted by Gasteiger charge is -2.28. The van der Waals surface area contributed by atoms with Crippen molar-refractivity contribution in [2.24, 2.45) is 0 Å². The summed E-state index contributed by atoms with van der Waals surface area (Å²) in [7, 11) is 6.31. The molecule has 1 heterocycles. The molecule has 0 aromatic heterocycles. The van der Waals surface area contributed by atoms with Crippen molar-refractivity contribution in [3.05, 3.63) is 0 Å². The molecule has 1 aliphatic rings. The zero-order valence-corrected chi connectivity index (χ0v) is 7.13. The maximum absolute atomic E-state index is 5.48. The molecule has 0 bridgehead atoms. The van der Waals surface area contributed by atoms with Crippen LogP contribution in [0.2, 0.25) is 0 Å². The first-order chi connectivity index (χ1) is 4.50.